The first-order valence-corrected chi connectivity index (χ1v) is 3.99. The second kappa shape index (κ2) is 2.06. The fourth-order valence-electron chi connectivity index (χ4n) is 1.92. The molecule has 1 saturated carbocycles. The summed E-state index contributed by atoms with van der Waals surface area (Å²) in [6.07, 6.45) is 0.455. The first-order chi connectivity index (χ1) is 5.48. The monoisotopic (exact) mass is 176 g/mol. The molecule has 4 heteroatoms. The van der Waals surface area contributed by atoms with E-state index in [0.717, 1.165) is 0 Å². The summed E-state index contributed by atoms with van der Waals surface area (Å²) in [5.74, 6) is -2.33. The number of fused-ring (bicyclic) bond motifs is 2. The van der Waals surface area contributed by atoms with E-state index in [2.05, 4.69) is 0 Å². The maximum Gasteiger partial charge on any atom is 0.166 e. The molecule has 3 aliphatic rings. The molecule has 0 heterocycles. The first kappa shape index (κ1) is 8.13. The maximum absolute atomic E-state index is 13.0. The Labute approximate surface area is 68.5 Å². The average molecular weight is 176 g/mol. The van der Waals surface area contributed by atoms with Crippen LogP contribution in [0.5, 0.6) is 0 Å². The van der Waals surface area contributed by atoms with Gasteiger partial charge in [0.15, 0.2) is 11.7 Å². The Morgan fingerprint density at radius 3 is 1.33 bits per heavy atom. The largest absolute Gasteiger partial charge is 0.383 e. The van der Waals surface area contributed by atoms with Crippen molar-refractivity contribution in [2.45, 2.75) is 36.9 Å². The minimum absolute atomic E-state index is 0.114. The third-order valence-electron chi connectivity index (χ3n) is 2.91. The van der Waals surface area contributed by atoms with Gasteiger partial charge in [0.05, 0.1) is 0 Å². The van der Waals surface area contributed by atoms with Crippen LogP contribution in [-0.2, 0) is 0 Å². The molecule has 0 atom stereocenters. The van der Waals surface area contributed by atoms with Crippen molar-refractivity contribution in [3.63, 3.8) is 0 Å². The molecule has 1 fully saturated rings. The van der Waals surface area contributed by atoms with E-state index in [1.807, 2.05) is 0 Å². The van der Waals surface area contributed by atoms with E-state index in [1.165, 1.54) is 0 Å². The van der Waals surface area contributed by atoms with Crippen molar-refractivity contribution in [1.29, 1.82) is 0 Å². The molecule has 0 aliphatic heterocycles. The second-order valence-electron chi connectivity index (χ2n) is 3.69. The second-order valence-corrected chi connectivity index (χ2v) is 3.69. The number of rotatable bonds is 0. The molecule has 0 amide bonds. The van der Waals surface area contributed by atoms with Crippen molar-refractivity contribution in [3.05, 3.63) is 11.7 Å². The van der Waals surface area contributed by atoms with Gasteiger partial charge < -0.3 is 10.2 Å². The van der Waals surface area contributed by atoms with E-state index >= 15 is 0 Å². The van der Waals surface area contributed by atoms with E-state index in [1.54, 1.807) is 0 Å². The van der Waals surface area contributed by atoms with Gasteiger partial charge in [-0.25, -0.2) is 8.78 Å². The SMILES string of the molecule is OC12CCC(O)(CC1)C(F)=C2F. The van der Waals surface area contributed by atoms with Crippen molar-refractivity contribution in [1.82, 2.24) is 0 Å². The summed E-state index contributed by atoms with van der Waals surface area (Å²) >= 11 is 0. The summed E-state index contributed by atoms with van der Waals surface area (Å²) in [7, 11) is 0. The van der Waals surface area contributed by atoms with Crippen LogP contribution in [0.4, 0.5) is 8.78 Å². The van der Waals surface area contributed by atoms with E-state index in [-0.39, 0.29) is 25.7 Å². The normalized spacial score (nSPS) is 47.0. The quantitative estimate of drug-likeness (QED) is 0.582. The summed E-state index contributed by atoms with van der Waals surface area (Å²) in [4.78, 5) is 0. The lowest BCUT2D eigenvalue weighted by atomic mass is 9.69. The Balaban J connectivity index is 2.52. The molecule has 12 heavy (non-hydrogen) atoms. The van der Waals surface area contributed by atoms with Crippen molar-refractivity contribution < 1.29 is 19.0 Å². The highest BCUT2D eigenvalue weighted by atomic mass is 19.2. The third-order valence-corrected chi connectivity index (χ3v) is 2.91. The van der Waals surface area contributed by atoms with Gasteiger partial charge in [-0.3, -0.25) is 0 Å². The van der Waals surface area contributed by atoms with Crippen LogP contribution in [0, 0.1) is 0 Å². The lowest BCUT2D eigenvalue weighted by molar-refractivity contribution is -0.0930. The summed E-state index contributed by atoms with van der Waals surface area (Å²) in [6, 6.07) is 0. The van der Waals surface area contributed by atoms with Crippen LogP contribution in [0.2, 0.25) is 0 Å². The Morgan fingerprint density at radius 2 is 1.08 bits per heavy atom. The molecule has 2 bridgehead atoms. The number of hydrogen-bond donors (Lipinski definition) is 2. The van der Waals surface area contributed by atoms with E-state index in [4.69, 9.17) is 0 Å². The minimum atomic E-state index is -1.63. The van der Waals surface area contributed by atoms with E-state index in [9.17, 15) is 19.0 Å². The van der Waals surface area contributed by atoms with E-state index in [0.29, 0.717) is 0 Å². The summed E-state index contributed by atoms with van der Waals surface area (Å²) < 4.78 is 26.0. The third kappa shape index (κ3) is 0.793. The van der Waals surface area contributed by atoms with Gasteiger partial charge >= 0.3 is 0 Å². The van der Waals surface area contributed by atoms with Gasteiger partial charge in [0.2, 0.25) is 0 Å². The first-order valence-electron chi connectivity index (χ1n) is 3.99. The van der Waals surface area contributed by atoms with Crippen LogP contribution in [0.25, 0.3) is 0 Å². The molecule has 2 N–H and O–H groups in total. The smallest absolute Gasteiger partial charge is 0.166 e. The fourth-order valence-corrected chi connectivity index (χ4v) is 1.92. The van der Waals surface area contributed by atoms with Crippen LogP contribution < -0.4 is 0 Å². The molecule has 68 valence electrons. The highest BCUT2D eigenvalue weighted by Gasteiger charge is 2.54. The molecule has 0 aromatic heterocycles. The molecular formula is C8H10F2O2. The van der Waals surface area contributed by atoms with Crippen LogP contribution in [0.3, 0.4) is 0 Å². The van der Waals surface area contributed by atoms with Crippen molar-refractivity contribution in [3.8, 4) is 0 Å². The predicted octanol–water partition coefficient (Wildman–Crippen LogP) is 1.19. The zero-order valence-electron chi connectivity index (χ0n) is 6.48. The van der Waals surface area contributed by atoms with Crippen molar-refractivity contribution >= 4 is 0 Å². The lowest BCUT2D eigenvalue weighted by Gasteiger charge is -2.45. The van der Waals surface area contributed by atoms with Crippen LogP contribution in [-0.4, -0.2) is 21.4 Å². The van der Waals surface area contributed by atoms with Gasteiger partial charge in [0.1, 0.15) is 11.2 Å². The van der Waals surface area contributed by atoms with Gasteiger partial charge in [0.25, 0.3) is 0 Å². The molecule has 0 unspecified atom stereocenters. The summed E-state index contributed by atoms with van der Waals surface area (Å²) in [6.45, 7) is 0. The Hall–Kier alpha value is -0.480. The zero-order chi connectivity index (χ0) is 8.98. The average Bonchev–Trinajstić information content (AvgIpc) is 2.06. The number of halogens is 2. The molecule has 0 aromatic carbocycles. The van der Waals surface area contributed by atoms with Crippen LogP contribution in [0.15, 0.2) is 11.7 Å². The molecule has 0 aromatic rings. The highest BCUT2D eigenvalue weighted by molar-refractivity contribution is 5.29. The Kier molecular flexibility index (Phi) is 1.40. The predicted molar refractivity (Wildman–Crippen MR) is 37.6 cm³/mol. The number of aliphatic hydroxyl groups is 2. The molecule has 2 nitrogen and oxygen atoms in total. The Bertz CT molecular complexity index is 226. The fraction of sp³-hybridized carbons (Fsp3) is 0.750. The molecule has 0 saturated heterocycles. The van der Waals surface area contributed by atoms with Gasteiger partial charge in [-0.1, -0.05) is 0 Å². The van der Waals surface area contributed by atoms with Gasteiger partial charge in [0, 0.05) is 0 Å². The molecule has 0 spiro atoms. The topological polar surface area (TPSA) is 40.5 Å². The van der Waals surface area contributed by atoms with Gasteiger partial charge in [-0.05, 0) is 25.7 Å². The van der Waals surface area contributed by atoms with E-state index < -0.39 is 22.9 Å². The molecule has 3 aliphatic carbocycles. The zero-order valence-corrected chi connectivity index (χ0v) is 6.48. The van der Waals surface area contributed by atoms with Gasteiger partial charge in [-0.15, -0.1) is 0 Å². The maximum atomic E-state index is 13.0. The molecular weight excluding hydrogens is 166 g/mol. The summed E-state index contributed by atoms with van der Waals surface area (Å²) in [5, 5.41) is 19.0. The number of hydrogen-bond acceptors (Lipinski definition) is 2. The van der Waals surface area contributed by atoms with Gasteiger partial charge in [-0.2, -0.15) is 0 Å². The van der Waals surface area contributed by atoms with Crippen molar-refractivity contribution in [2.24, 2.45) is 0 Å². The van der Waals surface area contributed by atoms with Crippen LogP contribution >= 0.6 is 0 Å². The standard InChI is InChI=1S/C8H10F2O2/c9-5-6(10)8(12)2-1-7(5,11)3-4-8/h11-12H,1-4H2. The Morgan fingerprint density at radius 1 is 0.833 bits per heavy atom. The molecule has 3 rings (SSSR count). The van der Waals surface area contributed by atoms with Crippen molar-refractivity contribution in [2.75, 3.05) is 0 Å². The lowest BCUT2D eigenvalue weighted by Crippen LogP contribution is -2.50. The highest BCUT2D eigenvalue weighted by Crippen LogP contribution is 2.50. The minimum Gasteiger partial charge on any atom is -0.383 e. The summed E-state index contributed by atoms with van der Waals surface area (Å²) in [5.41, 5.74) is -3.26. The van der Waals surface area contributed by atoms with Crippen LogP contribution in [0.1, 0.15) is 25.7 Å². The molecule has 0 radical (unpaired) electrons.